The minimum atomic E-state index is 0.119. The van der Waals surface area contributed by atoms with Crippen molar-refractivity contribution in [2.24, 2.45) is 16.8 Å². The number of anilines is 1. The topological polar surface area (TPSA) is 74.7 Å². The molecular formula is C15H26N4O. The second-order valence-corrected chi connectivity index (χ2v) is 5.03. The average Bonchev–Trinajstić information content (AvgIpc) is 2.47. The molecule has 0 atom stereocenters. The molecule has 1 aromatic heterocycles. The first-order chi connectivity index (χ1) is 9.58. The van der Waals surface area contributed by atoms with Crippen molar-refractivity contribution in [2.45, 2.75) is 40.5 Å². The van der Waals surface area contributed by atoms with Crippen LogP contribution in [0.25, 0.3) is 0 Å². The summed E-state index contributed by atoms with van der Waals surface area (Å²) in [5, 5.41) is 12.1. The van der Waals surface area contributed by atoms with Gasteiger partial charge >= 0.3 is 0 Å². The third-order valence-electron chi connectivity index (χ3n) is 3.82. The third-order valence-corrected chi connectivity index (χ3v) is 3.82. The molecule has 5 heteroatoms. The van der Waals surface area contributed by atoms with Gasteiger partial charge in [-0.25, -0.2) is 4.98 Å². The number of pyridine rings is 1. The second-order valence-electron chi connectivity index (χ2n) is 5.03. The van der Waals surface area contributed by atoms with E-state index >= 15 is 0 Å². The summed E-state index contributed by atoms with van der Waals surface area (Å²) < 4.78 is 0. The summed E-state index contributed by atoms with van der Waals surface area (Å²) in [6.07, 6.45) is 4.05. The number of nitrogens with zero attached hydrogens (tertiary/aromatic N) is 3. The number of amidine groups is 1. The highest BCUT2D eigenvalue weighted by atomic mass is 16.4. The Hall–Kier alpha value is -1.78. The minimum Gasteiger partial charge on any atom is -0.409 e. The summed E-state index contributed by atoms with van der Waals surface area (Å²) in [7, 11) is 0. The molecule has 0 bridgehead atoms. The Morgan fingerprint density at radius 1 is 1.40 bits per heavy atom. The van der Waals surface area contributed by atoms with E-state index in [9.17, 15) is 0 Å². The first-order valence-corrected chi connectivity index (χ1v) is 7.27. The molecule has 1 heterocycles. The summed E-state index contributed by atoms with van der Waals surface area (Å²) in [6, 6.07) is 1.88. The molecule has 3 N–H and O–H groups in total. The maximum Gasteiger partial charge on any atom is 0.174 e. The summed E-state index contributed by atoms with van der Waals surface area (Å²) in [6.45, 7) is 10.2. The molecule has 0 spiro atoms. The van der Waals surface area contributed by atoms with Crippen molar-refractivity contribution in [1.29, 1.82) is 0 Å². The van der Waals surface area contributed by atoms with Crippen LogP contribution in [0.4, 0.5) is 5.82 Å². The monoisotopic (exact) mass is 278 g/mol. The number of oxime groups is 1. The van der Waals surface area contributed by atoms with Crippen LogP contribution < -0.4 is 10.6 Å². The van der Waals surface area contributed by atoms with E-state index in [1.165, 1.54) is 0 Å². The molecule has 0 aromatic carbocycles. The van der Waals surface area contributed by atoms with Crippen LogP contribution in [0.1, 0.15) is 44.7 Å². The molecule has 0 saturated carbocycles. The van der Waals surface area contributed by atoms with Crippen molar-refractivity contribution in [3.63, 3.8) is 0 Å². The number of nitrogens with two attached hydrogens (primary N) is 1. The zero-order valence-corrected chi connectivity index (χ0v) is 12.9. The summed E-state index contributed by atoms with van der Waals surface area (Å²) in [4.78, 5) is 6.66. The molecule has 0 aliphatic rings. The predicted molar refractivity (Wildman–Crippen MR) is 83.4 cm³/mol. The van der Waals surface area contributed by atoms with Gasteiger partial charge in [-0.1, -0.05) is 31.8 Å². The van der Waals surface area contributed by atoms with E-state index in [0.29, 0.717) is 5.92 Å². The van der Waals surface area contributed by atoms with Crippen molar-refractivity contribution in [3.05, 3.63) is 23.4 Å². The highest BCUT2D eigenvalue weighted by Gasteiger charge is 2.18. The van der Waals surface area contributed by atoms with E-state index in [1.807, 2.05) is 13.0 Å². The summed E-state index contributed by atoms with van der Waals surface area (Å²) >= 11 is 0. The minimum absolute atomic E-state index is 0.119. The largest absolute Gasteiger partial charge is 0.409 e. The van der Waals surface area contributed by atoms with Gasteiger partial charge in [-0.3, -0.25) is 0 Å². The Bertz CT molecular complexity index is 455. The molecule has 1 rings (SSSR count). The third kappa shape index (κ3) is 3.62. The van der Waals surface area contributed by atoms with Gasteiger partial charge < -0.3 is 15.8 Å². The molecule has 112 valence electrons. The average molecular weight is 278 g/mol. The van der Waals surface area contributed by atoms with Crippen LogP contribution in [0.15, 0.2) is 17.4 Å². The molecular weight excluding hydrogens is 252 g/mol. The fourth-order valence-electron chi connectivity index (χ4n) is 2.37. The maximum absolute atomic E-state index is 8.98. The quantitative estimate of drug-likeness (QED) is 0.348. The van der Waals surface area contributed by atoms with Gasteiger partial charge in [0, 0.05) is 19.3 Å². The van der Waals surface area contributed by atoms with Crippen LogP contribution in [0, 0.1) is 12.8 Å². The standard InChI is InChI=1S/C15H26N4O/c1-5-12(6-2)10-19(7-3)15-13(14(16)18-20)11(4)8-9-17-15/h8-9,12,20H,5-7,10H2,1-4H3,(H2,16,18). The zero-order chi connectivity index (χ0) is 15.1. The molecule has 0 amide bonds. The lowest BCUT2D eigenvalue weighted by Gasteiger charge is -2.28. The van der Waals surface area contributed by atoms with E-state index in [2.05, 4.69) is 35.8 Å². The fraction of sp³-hybridized carbons (Fsp3) is 0.600. The molecule has 1 aromatic rings. The Morgan fingerprint density at radius 3 is 2.55 bits per heavy atom. The van der Waals surface area contributed by atoms with Gasteiger partial charge in [-0.05, 0) is 31.4 Å². The van der Waals surface area contributed by atoms with Crippen LogP contribution in [0.2, 0.25) is 0 Å². The molecule has 0 aliphatic heterocycles. The lowest BCUT2D eigenvalue weighted by atomic mass is 10.0. The number of hydrogen-bond donors (Lipinski definition) is 2. The van der Waals surface area contributed by atoms with Crippen molar-refractivity contribution in [1.82, 2.24) is 4.98 Å². The molecule has 0 fully saturated rings. The summed E-state index contributed by atoms with van der Waals surface area (Å²) in [5.74, 6) is 1.54. The lowest BCUT2D eigenvalue weighted by Crippen LogP contribution is -2.32. The van der Waals surface area contributed by atoms with Gasteiger partial charge in [-0.2, -0.15) is 0 Å². The summed E-state index contributed by atoms with van der Waals surface area (Å²) in [5.41, 5.74) is 7.51. The Labute approximate surface area is 121 Å². The number of aryl methyl sites for hydroxylation is 1. The van der Waals surface area contributed by atoms with E-state index in [1.54, 1.807) is 6.20 Å². The van der Waals surface area contributed by atoms with Crippen LogP contribution in [-0.2, 0) is 0 Å². The predicted octanol–water partition coefficient (Wildman–Crippen LogP) is 2.75. The van der Waals surface area contributed by atoms with Gasteiger partial charge in [0.1, 0.15) is 5.82 Å². The van der Waals surface area contributed by atoms with E-state index in [4.69, 9.17) is 10.9 Å². The van der Waals surface area contributed by atoms with Crippen molar-refractivity contribution >= 4 is 11.7 Å². The van der Waals surface area contributed by atoms with Crippen molar-refractivity contribution in [3.8, 4) is 0 Å². The Morgan fingerprint density at radius 2 is 2.05 bits per heavy atom. The number of rotatable bonds is 7. The SMILES string of the molecule is CCC(CC)CN(CC)c1nccc(C)c1/C(N)=N/O. The first-order valence-electron chi connectivity index (χ1n) is 7.27. The van der Waals surface area contributed by atoms with E-state index in [0.717, 1.165) is 42.9 Å². The van der Waals surface area contributed by atoms with Crippen molar-refractivity contribution in [2.75, 3.05) is 18.0 Å². The van der Waals surface area contributed by atoms with Gasteiger partial charge in [0.15, 0.2) is 5.84 Å². The first kappa shape index (κ1) is 16.3. The molecule has 0 radical (unpaired) electrons. The lowest BCUT2D eigenvalue weighted by molar-refractivity contribution is 0.318. The number of aromatic nitrogens is 1. The molecule has 20 heavy (non-hydrogen) atoms. The van der Waals surface area contributed by atoms with Crippen molar-refractivity contribution < 1.29 is 5.21 Å². The van der Waals surface area contributed by atoms with Crippen LogP contribution in [0.3, 0.4) is 0 Å². The van der Waals surface area contributed by atoms with Gasteiger partial charge in [0.25, 0.3) is 0 Å². The molecule has 0 unspecified atom stereocenters. The Kier molecular flexibility index (Phi) is 6.28. The van der Waals surface area contributed by atoms with E-state index < -0.39 is 0 Å². The highest BCUT2D eigenvalue weighted by Crippen LogP contribution is 2.23. The second kappa shape index (κ2) is 7.72. The van der Waals surface area contributed by atoms with Crippen LogP contribution >= 0.6 is 0 Å². The maximum atomic E-state index is 8.98. The van der Waals surface area contributed by atoms with Crippen LogP contribution in [-0.4, -0.2) is 29.1 Å². The molecule has 0 saturated heterocycles. The number of hydrogen-bond acceptors (Lipinski definition) is 4. The zero-order valence-electron chi connectivity index (χ0n) is 12.9. The smallest absolute Gasteiger partial charge is 0.174 e. The molecule has 0 aliphatic carbocycles. The van der Waals surface area contributed by atoms with Gasteiger partial charge in [0.2, 0.25) is 0 Å². The van der Waals surface area contributed by atoms with E-state index in [-0.39, 0.29) is 5.84 Å². The Balaban J connectivity index is 3.18. The normalized spacial score (nSPS) is 11.9. The van der Waals surface area contributed by atoms with Gasteiger partial charge in [-0.15, -0.1) is 0 Å². The van der Waals surface area contributed by atoms with Crippen LogP contribution in [0.5, 0.6) is 0 Å². The van der Waals surface area contributed by atoms with Gasteiger partial charge in [0.05, 0.1) is 5.56 Å². The highest BCUT2D eigenvalue weighted by molar-refractivity contribution is 6.02. The molecule has 5 nitrogen and oxygen atoms in total. The fourth-order valence-corrected chi connectivity index (χ4v) is 2.37.